The second kappa shape index (κ2) is 9.82. The van der Waals surface area contributed by atoms with Gasteiger partial charge in [0.15, 0.2) is 0 Å². The second-order valence-corrected chi connectivity index (χ2v) is 5.04. The first-order valence-corrected chi connectivity index (χ1v) is 6.89. The monoisotopic (exact) mass is 334 g/mol. The number of carbonyl (C=O) groups is 1. The topological polar surface area (TPSA) is 71.2 Å². The zero-order chi connectivity index (χ0) is 13.7. The van der Waals surface area contributed by atoms with E-state index >= 15 is 0 Å². The molecule has 1 amide bonds. The maximum atomic E-state index is 11.9. The highest BCUT2D eigenvalue weighted by atomic mass is 35.5. The summed E-state index contributed by atoms with van der Waals surface area (Å²) in [6.07, 6.45) is 3.99. The molecule has 1 fully saturated rings. The normalized spacial score (nSPS) is 15.7. The van der Waals surface area contributed by atoms with E-state index < -0.39 is 0 Å². The number of nitrogens with zero attached hydrogens (tertiary/aromatic N) is 2. The first-order chi connectivity index (χ1) is 9.17. The number of amides is 1. The Morgan fingerprint density at radius 2 is 2.05 bits per heavy atom. The maximum Gasteiger partial charge on any atom is 0.226 e. The van der Waals surface area contributed by atoms with Crippen LogP contribution in [0, 0.1) is 0 Å². The predicted octanol–water partition coefficient (Wildman–Crippen LogP) is 1.65. The van der Waals surface area contributed by atoms with Crippen molar-refractivity contribution in [1.82, 2.24) is 15.2 Å². The number of nitrogens with two attached hydrogens (primary N) is 1. The van der Waals surface area contributed by atoms with E-state index in [0.717, 1.165) is 38.2 Å². The van der Waals surface area contributed by atoms with E-state index in [2.05, 4.69) is 22.1 Å². The van der Waals surface area contributed by atoms with Crippen molar-refractivity contribution in [2.45, 2.75) is 32.2 Å². The molecule has 1 aromatic rings. The molecule has 1 aromatic heterocycles. The standard InChI is InChI=1S/C14H22N4O.2ClH/c1-2-18-7-5-12(6-8-18)17-14(19)9-13-4-3-11(15)10-16-13;;/h3-4,10,12H,2,5-9,15H2,1H3,(H,17,19);2*1H. The molecule has 21 heavy (non-hydrogen) atoms. The van der Waals surface area contributed by atoms with Crippen LogP contribution < -0.4 is 11.1 Å². The Hall–Kier alpha value is -1.04. The van der Waals surface area contributed by atoms with Crippen LogP contribution in [0.5, 0.6) is 0 Å². The summed E-state index contributed by atoms with van der Waals surface area (Å²) in [6, 6.07) is 3.88. The number of pyridine rings is 1. The summed E-state index contributed by atoms with van der Waals surface area (Å²) in [5, 5.41) is 3.09. The summed E-state index contributed by atoms with van der Waals surface area (Å²) in [5.74, 6) is 0.0484. The predicted molar refractivity (Wildman–Crippen MR) is 90.1 cm³/mol. The molecule has 2 heterocycles. The minimum absolute atomic E-state index is 0. The fraction of sp³-hybridized carbons (Fsp3) is 0.571. The summed E-state index contributed by atoms with van der Waals surface area (Å²) in [6.45, 7) is 5.41. The molecule has 2 rings (SSSR count). The van der Waals surface area contributed by atoms with Crippen molar-refractivity contribution in [3.05, 3.63) is 24.0 Å². The lowest BCUT2D eigenvalue weighted by Gasteiger charge is -2.31. The molecule has 0 atom stereocenters. The number of nitrogen functional groups attached to an aromatic ring is 1. The molecule has 0 spiro atoms. The molecule has 1 aliphatic heterocycles. The van der Waals surface area contributed by atoms with Crippen LogP contribution in [0.2, 0.25) is 0 Å². The number of aromatic nitrogens is 1. The van der Waals surface area contributed by atoms with E-state index in [4.69, 9.17) is 5.73 Å². The van der Waals surface area contributed by atoms with Gasteiger partial charge in [-0.05, 0) is 31.5 Å². The summed E-state index contributed by atoms with van der Waals surface area (Å²) in [4.78, 5) is 18.5. The number of rotatable bonds is 4. The number of carbonyl (C=O) groups excluding carboxylic acids is 1. The lowest BCUT2D eigenvalue weighted by atomic mass is 10.0. The second-order valence-electron chi connectivity index (χ2n) is 5.04. The molecule has 120 valence electrons. The van der Waals surface area contributed by atoms with E-state index in [1.54, 1.807) is 18.3 Å². The Kier molecular flexibility index (Phi) is 9.33. The van der Waals surface area contributed by atoms with Crippen molar-refractivity contribution in [2.75, 3.05) is 25.4 Å². The number of nitrogens with one attached hydrogen (secondary N) is 1. The molecule has 3 N–H and O–H groups in total. The first-order valence-electron chi connectivity index (χ1n) is 6.89. The summed E-state index contributed by atoms with van der Waals surface area (Å²) in [7, 11) is 0. The number of halogens is 2. The SMILES string of the molecule is CCN1CCC(NC(=O)Cc2ccc(N)cn2)CC1.Cl.Cl. The van der Waals surface area contributed by atoms with Gasteiger partial charge in [-0.25, -0.2) is 0 Å². The minimum Gasteiger partial charge on any atom is -0.397 e. The van der Waals surface area contributed by atoms with Gasteiger partial charge in [0.25, 0.3) is 0 Å². The summed E-state index contributed by atoms with van der Waals surface area (Å²) < 4.78 is 0. The molecule has 0 unspecified atom stereocenters. The number of piperidine rings is 1. The largest absolute Gasteiger partial charge is 0.397 e. The van der Waals surface area contributed by atoms with E-state index in [1.165, 1.54) is 0 Å². The van der Waals surface area contributed by atoms with E-state index in [9.17, 15) is 4.79 Å². The van der Waals surface area contributed by atoms with Crippen LogP contribution in [-0.2, 0) is 11.2 Å². The van der Waals surface area contributed by atoms with Gasteiger partial charge in [0, 0.05) is 24.8 Å². The zero-order valence-corrected chi connectivity index (χ0v) is 13.9. The molecule has 1 aliphatic rings. The lowest BCUT2D eigenvalue weighted by molar-refractivity contribution is -0.121. The van der Waals surface area contributed by atoms with Gasteiger partial charge in [0.1, 0.15) is 0 Å². The Morgan fingerprint density at radius 1 is 1.38 bits per heavy atom. The van der Waals surface area contributed by atoms with Gasteiger partial charge >= 0.3 is 0 Å². The van der Waals surface area contributed by atoms with Gasteiger partial charge in [-0.2, -0.15) is 0 Å². The van der Waals surface area contributed by atoms with Gasteiger partial charge in [-0.1, -0.05) is 6.92 Å². The fourth-order valence-corrected chi connectivity index (χ4v) is 2.38. The highest BCUT2D eigenvalue weighted by molar-refractivity contribution is 5.85. The Labute approximate surface area is 138 Å². The number of hydrogen-bond acceptors (Lipinski definition) is 4. The molecule has 0 saturated carbocycles. The van der Waals surface area contributed by atoms with Crippen molar-refractivity contribution in [3.63, 3.8) is 0 Å². The first kappa shape index (κ1) is 20.0. The van der Waals surface area contributed by atoms with Crippen LogP contribution in [0.1, 0.15) is 25.5 Å². The van der Waals surface area contributed by atoms with Crippen molar-refractivity contribution in [1.29, 1.82) is 0 Å². The van der Waals surface area contributed by atoms with Crippen LogP contribution in [0.15, 0.2) is 18.3 Å². The average molecular weight is 335 g/mol. The van der Waals surface area contributed by atoms with Crippen molar-refractivity contribution in [2.24, 2.45) is 0 Å². The highest BCUT2D eigenvalue weighted by Crippen LogP contribution is 2.10. The van der Waals surface area contributed by atoms with Crippen LogP contribution in [0.25, 0.3) is 0 Å². The third-order valence-electron chi connectivity index (χ3n) is 3.59. The molecular formula is C14H24Cl2N4O. The van der Waals surface area contributed by atoms with Gasteiger partial charge in [-0.15, -0.1) is 24.8 Å². The van der Waals surface area contributed by atoms with Crippen molar-refractivity contribution < 1.29 is 4.79 Å². The highest BCUT2D eigenvalue weighted by Gasteiger charge is 2.19. The smallest absolute Gasteiger partial charge is 0.226 e. The van der Waals surface area contributed by atoms with E-state index in [1.807, 2.05) is 0 Å². The van der Waals surface area contributed by atoms with Crippen LogP contribution in [-0.4, -0.2) is 41.5 Å². The van der Waals surface area contributed by atoms with Gasteiger partial charge in [0.05, 0.1) is 18.3 Å². The number of anilines is 1. The molecular weight excluding hydrogens is 311 g/mol. The molecule has 7 heteroatoms. The number of hydrogen-bond donors (Lipinski definition) is 2. The number of likely N-dealkylation sites (tertiary alicyclic amines) is 1. The zero-order valence-electron chi connectivity index (χ0n) is 12.2. The molecule has 0 radical (unpaired) electrons. The van der Waals surface area contributed by atoms with Gasteiger partial charge < -0.3 is 16.0 Å². The van der Waals surface area contributed by atoms with Crippen LogP contribution in [0.4, 0.5) is 5.69 Å². The van der Waals surface area contributed by atoms with Crippen molar-refractivity contribution in [3.8, 4) is 0 Å². The van der Waals surface area contributed by atoms with Crippen LogP contribution in [0.3, 0.4) is 0 Å². The summed E-state index contributed by atoms with van der Waals surface area (Å²) >= 11 is 0. The average Bonchev–Trinajstić information content (AvgIpc) is 2.42. The molecule has 0 bridgehead atoms. The summed E-state index contributed by atoms with van der Waals surface area (Å²) in [5.41, 5.74) is 6.95. The quantitative estimate of drug-likeness (QED) is 0.878. The third kappa shape index (κ3) is 6.50. The van der Waals surface area contributed by atoms with Crippen molar-refractivity contribution >= 4 is 36.4 Å². The molecule has 1 saturated heterocycles. The molecule has 5 nitrogen and oxygen atoms in total. The Balaban J connectivity index is 0.00000200. The Morgan fingerprint density at radius 3 is 2.57 bits per heavy atom. The Bertz CT molecular complexity index is 419. The van der Waals surface area contributed by atoms with Gasteiger partial charge in [0.2, 0.25) is 5.91 Å². The lowest BCUT2D eigenvalue weighted by Crippen LogP contribution is -2.44. The van der Waals surface area contributed by atoms with Crippen LogP contribution >= 0.6 is 24.8 Å². The minimum atomic E-state index is 0. The third-order valence-corrected chi connectivity index (χ3v) is 3.59. The van der Waals surface area contributed by atoms with E-state index in [-0.39, 0.29) is 30.7 Å². The molecule has 0 aliphatic carbocycles. The fourth-order valence-electron chi connectivity index (χ4n) is 2.38. The van der Waals surface area contributed by atoms with Gasteiger partial charge in [-0.3, -0.25) is 9.78 Å². The molecule has 0 aromatic carbocycles. The van der Waals surface area contributed by atoms with E-state index in [0.29, 0.717) is 18.2 Å². The maximum absolute atomic E-state index is 11.9.